The Morgan fingerprint density at radius 3 is 2.58 bits per heavy atom. The number of fused-ring (bicyclic) bond motifs is 5. The van der Waals surface area contributed by atoms with Gasteiger partial charge in [0.1, 0.15) is 0 Å². The topological polar surface area (TPSA) is 102 Å². The highest BCUT2D eigenvalue weighted by molar-refractivity contribution is 7.18. The van der Waals surface area contributed by atoms with Crippen LogP contribution in [0.5, 0.6) is 0 Å². The van der Waals surface area contributed by atoms with Crippen LogP contribution in [0.15, 0.2) is 66.2 Å². The molecule has 2 aliphatic rings. The van der Waals surface area contributed by atoms with E-state index in [4.69, 9.17) is 4.98 Å². The fraction of sp³-hybridized carbons (Fsp3) is 0.0800. The van der Waals surface area contributed by atoms with Gasteiger partial charge in [0.15, 0.2) is 0 Å². The Morgan fingerprint density at radius 1 is 1.00 bits per heavy atom. The van der Waals surface area contributed by atoms with E-state index in [1.165, 1.54) is 23.5 Å². The summed E-state index contributed by atoms with van der Waals surface area (Å²) in [6.45, 7) is 1.91. The number of thiazole rings is 1. The average Bonchev–Trinajstić information content (AvgIpc) is 3.21. The van der Waals surface area contributed by atoms with Crippen LogP contribution < -0.4 is 5.32 Å². The zero-order valence-electron chi connectivity index (χ0n) is 17.3. The van der Waals surface area contributed by atoms with E-state index in [0.717, 1.165) is 26.5 Å². The van der Waals surface area contributed by atoms with Gasteiger partial charge in [-0.1, -0.05) is 36.4 Å². The van der Waals surface area contributed by atoms with Gasteiger partial charge in [0, 0.05) is 46.0 Å². The van der Waals surface area contributed by atoms with Crippen molar-refractivity contribution in [2.75, 3.05) is 5.32 Å². The van der Waals surface area contributed by atoms with Crippen molar-refractivity contribution in [2.24, 2.45) is 0 Å². The van der Waals surface area contributed by atoms with E-state index >= 15 is 0 Å². The number of nitrogens with zero attached hydrogens (tertiary/aromatic N) is 2. The number of benzene rings is 3. The third kappa shape index (κ3) is 2.77. The predicted octanol–water partition coefficient (Wildman–Crippen LogP) is 5.25. The fourth-order valence-electron chi connectivity index (χ4n) is 4.77. The molecule has 8 heteroatoms. The second-order valence-corrected chi connectivity index (χ2v) is 9.24. The van der Waals surface area contributed by atoms with Gasteiger partial charge in [0.2, 0.25) is 11.6 Å². The Hall–Kier alpha value is -4.17. The summed E-state index contributed by atoms with van der Waals surface area (Å²) in [4.78, 5) is 42.3. The number of nitro groups is 1. The van der Waals surface area contributed by atoms with Gasteiger partial charge in [-0.3, -0.25) is 19.7 Å². The third-order valence-corrected chi connectivity index (χ3v) is 7.06. The number of hydrogen-bond donors (Lipinski definition) is 1. The van der Waals surface area contributed by atoms with Crippen LogP contribution in [0.4, 0.5) is 11.4 Å². The van der Waals surface area contributed by atoms with Gasteiger partial charge in [0.25, 0.3) is 5.69 Å². The summed E-state index contributed by atoms with van der Waals surface area (Å²) in [5.74, 6) is -1.86. The second-order valence-electron chi connectivity index (χ2n) is 8.01. The van der Waals surface area contributed by atoms with Gasteiger partial charge in [-0.15, -0.1) is 11.3 Å². The lowest BCUT2D eigenvalue weighted by Gasteiger charge is -2.34. The minimum absolute atomic E-state index is 0.0775. The largest absolute Gasteiger partial charge is 0.354 e. The van der Waals surface area contributed by atoms with Crippen LogP contribution in [-0.2, 0) is 4.79 Å². The van der Waals surface area contributed by atoms with Crippen LogP contribution >= 0.6 is 11.3 Å². The Balaban J connectivity index is 1.72. The summed E-state index contributed by atoms with van der Waals surface area (Å²) < 4.78 is 0.947. The van der Waals surface area contributed by atoms with Crippen molar-refractivity contribution in [2.45, 2.75) is 12.8 Å². The molecule has 1 unspecified atom stereocenters. The molecule has 0 saturated carbocycles. The summed E-state index contributed by atoms with van der Waals surface area (Å²) in [7, 11) is 0. The van der Waals surface area contributed by atoms with Crippen molar-refractivity contribution in [1.82, 2.24) is 4.98 Å². The number of nitrogens with one attached hydrogen (secondary N) is 1. The number of hydrogen-bond acceptors (Lipinski definition) is 7. The maximum absolute atomic E-state index is 13.5. The molecule has 160 valence electrons. The SMILES string of the molecule is Cc1nc2c3c(ccc2s1)NC1=C(C(=O)C(=O)c2ccccc21)C3c1cccc([N+](=O)[O-])c1. The van der Waals surface area contributed by atoms with Crippen molar-refractivity contribution in [3.63, 3.8) is 0 Å². The first-order valence-electron chi connectivity index (χ1n) is 10.3. The Labute approximate surface area is 191 Å². The molecule has 33 heavy (non-hydrogen) atoms. The van der Waals surface area contributed by atoms with E-state index in [2.05, 4.69) is 5.32 Å². The maximum Gasteiger partial charge on any atom is 0.269 e. The van der Waals surface area contributed by atoms with Crippen molar-refractivity contribution in [3.05, 3.63) is 104 Å². The predicted molar refractivity (Wildman–Crippen MR) is 126 cm³/mol. The van der Waals surface area contributed by atoms with Crippen molar-refractivity contribution in [1.29, 1.82) is 0 Å². The highest BCUT2D eigenvalue weighted by Gasteiger charge is 2.42. The number of nitro benzene ring substituents is 1. The van der Waals surface area contributed by atoms with Gasteiger partial charge < -0.3 is 5.32 Å². The van der Waals surface area contributed by atoms with Crippen molar-refractivity contribution < 1.29 is 14.5 Å². The molecule has 1 aliphatic carbocycles. The monoisotopic (exact) mass is 453 g/mol. The Morgan fingerprint density at radius 2 is 1.79 bits per heavy atom. The number of aryl methyl sites for hydroxylation is 1. The summed E-state index contributed by atoms with van der Waals surface area (Å²) in [5.41, 5.74) is 4.58. The van der Waals surface area contributed by atoms with Crippen LogP contribution in [0, 0.1) is 17.0 Å². The van der Waals surface area contributed by atoms with E-state index in [1.807, 2.05) is 31.2 Å². The first-order chi connectivity index (χ1) is 15.9. The molecule has 1 N–H and O–H groups in total. The maximum atomic E-state index is 13.5. The van der Waals surface area contributed by atoms with Crippen LogP contribution in [0.1, 0.15) is 38.0 Å². The van der Waals surface area contributed by atoms with Gasteiger partial charge in [0.05, 0.1) is 25.8 Å². The zero-order valence-corrected chi connectivity index (χ0v) is 18.1. The van der Waals surface area contributed by atoms with Crippen LogP contribution in [0.3, 0.4) is 0 Å². The number of carbonyl (C=O) groups excluding carboxylic acids is 2. The molecule has 0 radical (unpaired) electrons. The van der Waals surface area contributed by atoms with Crippen molar-refractivity contribution >= 4 is 50.2 Å². The molecule has 1 aliphatic heterocycles. The zero-order chi connectivity index (χ0) is 22.9. The first kappa shape index (κ1) is 19.5. The number of allylic oxidation sites excluding steroid dienone is 1. The smallest absolute Gasteiger partial charge is 0.269 e. The molecule has 1 atom stereocenters. The number of Topliss-reactive ketones (excluding diaryl/α,β-unsaturated/α-hetero) is 2. The molecule has 7 nitrogen and oxygen atoms in total. The van der Waals surface area contributed by atoms with Gasteiger partial charge >= 0.3 is 0 Å². The molecule has 3 aromatic carbocycles. The van der Waals surface area contributed by atoms with E-state index in [0.29, 0.717) is 28.0 Å². The number of ketones is 2. The van der Waals surface area contributed by atoms with E-state index < -0.39 is 22.4 Å². The van der Waals surface area contributed by atoms with Gasteiger partial charge in [-0.05, 0) is 24.6 Å². The van der Waals surface area contributed by atoms with Gasteiger partial charge in [-0.2, -0.15) is 0 Å². The average molecular weight is 453 g/mol. The molecular weight excluding hydrogens is 438 g/mol. The molecule has 0 spiro atoms. The number of carbonyl (C=O) groups is 2. The summed E-state index contributed by atoms with van der Waals surface area (Å²) >= 11 is 1.53. The van der Waals surface area contributed by atoms with E-state index in [-0.39, 0.29) is 5.69 Å². The highest BCUT2D eigenvalue weighted by Crippen LogP contribution is 2.50. The molecule has 2 heterocycles. The van der Waals surface area contributed by atoms with E-state index in [1.54, 1.807) is 24.3 Å². The number of non-ortho nitro benzene ring substituents is 1. The fourth-order valence-corrected chi connectivity index (χ4v) is 5.61. The molecule has 4 aromatic rings. The molecule has 0 saturated heterocycles. The quantitative estimate of drug-likeness (QED) is 0.253. The van der Waals surface area contributed by atoms with E-state index in [9.17, 15) is 19.7 Å². The number of aromatic nitrogens is 1. The molecule has 0 amide bonds. The van der Waals surface area contributed by atoms with Crippen LogP contribution in [0.2, 0.25) is 0 Å². The van der Waals surface area contributed by atoms with Crippen LogP contribution in [0.25, 0.3) is 15.9 Å². The molecule has 0 fully saturated rings. The van der Waals surface area contributed by atoms with Crippen molar-refractivity contribution in [3.8, 4) is 0 Å². The van der Waals surface area contributed by atoms with Gasteiger partial charge in [-0.25, -0.2) is 4.98 Å². The summed E-state index contributed by atoms with van der Waals surface area (Å²) in [6, 6.07) is 17.2. The Kier molecular flexibility index (Phi) is 4.09. The third-order valence-electron chi connectivity index (χ3n) is 6.12. The lowest BCUT2D eigenvalue weighted by molar-refractivity contribution is -0.384. The molecule has 6 rings (SSSR count). The lowest BCUT2D eigenvalue weighted by atomic mass is 9.73. The normalized spacial score (nSPS) is 16.8. The minimum atomic E-state index is -0.675. The minimum Gasteiger partial charge on any atom is -0.354 e. The summed E-state index contributed by atoms with van der Waals surface area (Å²) in [5, 5.41) is 15.8. The summed E-state index contributed by atoms with van der Waals surface area (Å²) in [6.07, 6.45) is 0. The molecular formula is C25H15N3O4S. The number of anilines is 1. The second kappa shape index (κ2) is 6.91. The highest BCUT2D eigenvalue weighted by atomic mass is 32.1. The first-order valence-corrected chi connectivity index (χ1v) is 11.1. The van der Waals surface area contributed by atoms with Crippen LogP contribution in [-0.4, -0.2) is 21.5 Å². The lowest BCUT2D eigenvalue weighted by Crippen LogP contribution is -2.32. The Bertz CT molecular complexity index is 1580. The molecule has 1 aromatic heterocycles. The molecule has 0 bridgehead atoms. The number of rotatable bonds is 2. The standard InChI is InChI=1S/C25H15N3O4S/c1-12-26-23-18(33-12)10-9-17-20(23)19(13-5-4-6-14(11-13)28(31)32)21-22(27-17)15-7-2-3-8-16(15)24(29)25(21)30/h2-11,19,27H,1H3.